The van der Waals surface area contributed by atoms with Gasteiger partial charge in [0.05, 0.1) is 5.71 Å². The van der Waals surface area contributed by atoms with Gasteiger partial charge >= 0.3 is 0 Å². The highest BCUT2D eigenvalue weighted by atomic mass is 32.2. The molecule has 0 heterocycles. The van der Waals surface area contributed by atoms with Gasteiger partial charge in [-0.05, 0) is 43.0 Å². The number of carbonyl (C=O) groups excluding carboxylic acids is 2. The standard InChI is InChI=1S/C20H23N3O2S/c1-15(16-9-5-3-6-10-16)22-23-20(25)18(13-14-26-2)21-19(24)17-11-7-4-8-12-17/h3-12,18H,13-14H2,1-2H3,(H,21,24)(H,23,25)/t18-/m0/s1. The summed E-state index contributed by atoms with van der Waals surface area (Å²) in [7, 11) is 0. The molecule has 2 amide bonds. The summed E-state index contributed by atoms with van der Waals surface area (Å²) in [6.07, 6.45) is 2.50. The quantitative estimate of drug-likeness (QED) is 0.555. The maximum absolute atomic E-state index is 12.5. The molecule has 0 aliphatic rings. The molecule has 0 spiro atoms. The Labute approximate surface area is 158 Å². The molecule has 0 fully saturated rings. The van der Waals surface area contributed by atoms with Crippen molar-refractivity contribution in [3.63, 3.8) is 0 Å². The fourth-order valence-electron chi connectivity index (χ4n) is 2.30. The third kappa shape index (κ3) is 6.04. The number of thioether (sulfide) groups is 1. The Hall–Kier alpha value is -2.60. The van der Waals surface area contributed by atoms with Gasteiger partial charge in [0.1, 0.15) is 6.04 Å². The van der Waals surface area contributed by atoms with Gasteiger partial charge in [0.2, 0.25) is 0 Å². The fourth-order valence-corrected chi connectivity index (χ4v) is 2.77. The molecule has 0 aliphatic heterocycles. The predicted molar refractivity (Wildman–Crippen MR) is 107 cm³/mol. The lowest BCUT2D eigenvalue weighted by Crippen LogP contribution is -2.46. The first-order chi connectivity index (χ1) is 12.6. The zero-order valence-corrected chi connectivity index (χ0v) is 15.8. The zero-order chi connectivity index (χ0) is 18.8. The number of benzene rings is 2. The summed E-state index contributed by atoms with van der Waals surface area (Å²) in [6.45, 7) is 1.83. The van der Waals surface area contributed by atoms with Gasteiger partial charge in [-0.1, -0.05) is 48.5 Å². The summed E-state index contributed by atoms with van der Waals surface area (Å²) >= 11 is 1.62. The van der Waals surface area contributed by atoms with E-state index in [1.807, 2.05) is 49.6 Å². The third-order valence-corrected chi connectivity index (χ3v) is 4.44. The topological polar surface area (TPSA) is 70.6 Å². The summed E-state index contributed by atoms with van der Waals surface area (Å²) in [6, 6.07) is 17.8. The largest absolute Gasteiger partial charge is 0.340 e. The summed E-state index contributed by atoms with van der Waals surface area (Å²) < 4.78 is 0. The van der Waals surface area contributed by atoms with Crippen molar-refractivity contribution < 1.29 is 9.59 Å². The van der Waals surface area contributed by atoms with Gasteiger partial charge in [-0.2, -0.15) is 16.9 Å². The Morgan fingerprint density at radius 1 is 1.00 bits per heavy atom. The molecule has 0 unspecified atom stereocenters. The number of hydrogen-bond acceptors (Lipinski definition) is 4. The summed E-state index contributed by atoms with van der Waals surface area (Å²) in [4.78, 5) is 24.9. The Bertz CT molecular complexity index is 748. The second-order valence-corrected chi connectivity index (χ2v) is 6.70. The number of carbonyl (C=O) groups is 2. The van der Waals surface area contributed by atoms with Crippen molar-refractivity contribution in [2.75, 3.05) is 12.0 Å². The van der Waals surface area contributed by atoms with E-state index < -0.39 is 6.04 Å². The maximum atomic E-state index is 12.5. The van der Waals surface area contributed by atoms with Crippen LogP contribution in [0.4, 0.5) is 0 Å². The number of nitrogens with zero attached hydrogens (tertiary/aromatic N) is 1. The lowest BCUT2D eigenvalue weighted by atomic mass is 10.1. The van der Waals surface area contributed by atoms with Crippen LogP contribution in [-0.4, -0.2) is 35.6 Å². The molecule has 1 atom stereocenters. The number of hydrogen-bond donors (Lipinski definition) is 2. The fraction of sp³-hybridized carbons (Fsp3) is 0.250. The van der Waals surface area contributed by atoms with Gasteiger partial charge in [0.25, 0.3) is 11.8 Å². The minimum atomic E-state index is -0.637. The van der Waals surface area contributed by atoms with Crippen LogP contribution < -0.4 is 10.7 Å². The van der Waals surface area contributed by atoms with Crippen LogP contribution in [0.1, 0.15) is 29.3 Å². The minimum absolute atomic E-state index is 0.268. The Kier molecular flexibility index (Phi) is 7.89. The normalized spacial score (nSPS) is 12.3. The highest BCUT2D eigenvalue weighted by Gasteiger charge is 2.21. The molecule has 0 saturated heterocycles. The Morgan fingerprint density at radius 3 is 2.15 bits per heavy atom. The van der Waals surface area contributed by atoms with E-state index in [1.54, 1.807) is 36.0 Å². The molecule has 5 nitrogen and oxygen atoms in total. The molecule has 2 rings (SSSR count). The molecule has 2 N–H and O–H groups in total. The summed E-state index contributed by atoms with van der Waals surface area (Å²) in [5.41, 5.74) is 4.74. The van der Waals surface area contributed by atoms with Gasteiger partial charge in [-0.3, -0.25) is 9.59 Å². The van der Waals surface area contributed by atoms with E-state index in [2.05, 4.69) is 15.8 Å². The average molecular weight is 369 g/mol. The third-order valence-electron chi connectivity index (χ3n) is 3.79. The van der Waals surface area contributed by atoms with Crippen LogP contribution in [0.3, 0.4) is 0 Å². The van der Waals surface area contributed by atoms with Crippen LogP contribution in [0.15, 0.2) is 65.8 Å². The van der Waals surface area contributed by atoms with Crippen molar-refractivity contribution in [3.05, 3.63) is 71.8 Å². The monoisotopic (exact) mass is 369 g/mol. The van der Waals surface area contributed by atoms with Crippen molar-refractivity contribution in [1.82, 2.24) is 10.7 Å². The SMILES string of the molecule is CSCC[C@H](NC(=O)c1ccccc1)C(=O)NN=C(C)c1ccccc1. The van der Waals surface area contributed by atoms with Gasteiger partial charge in [-0.15, -0.1) is 0 Å². The predicted octanol–water partition coefficient (Wildman–Crippen LogP) is 3.08. The molecule has 0 saturated carbocycles. The number of amides is 2. The number of rotatable bonds is 8. The second-order valence-electron chi connectivity index (χ2n) is 5.71. The van der Waals surface area contributed by atoms with Crippen molar-refractivity contribution in [1.29, 1.82) is 0 Å². The maximum Gasteiger partial charge on any atom is 0.262 e. The van der Waals surface area contributed by atoms with Crippen LogP contribution in [0.2, 0.25) is 0 Å². The van der Waals surface area contributed by atoms with Crippen LogP contribution >= 0.6 is 11.8 Å². The highest BCUT2D eigenvalue weighted by molar-refractivity contribution is 7.98. The van der Waals surface area contributed by atoms with E-state index in [4.69, 9.17) is 0 Å². The molecular weight excluding hydrogens is 346 g/mol. The number of nitrogens with one attached hydrogen (secondary N) is 2. The van der Waals surface area contributed by atoms with E-state index in [0.717, 1.165) is 11.3 Å². The van der Waals surface area contributed by atoms with Crippen LogP contribution in [0.5, 0.6) is 0 Å². The van der Waals surface area contributed by atoms with Gasteiger partial charge in [0, 0.05) is 5.56 Å². The van der Waals surface area contributed by atoms with Crippen molar-refractivity contribution in [3.8, 4) is 0 Å². The van der Waals surface area contributed by atoms with E-state index >= 15 is 0 Å². The number of hydrazone groups is 1. The highest BCUT2D eigenvalue weighted by Crippen LogP contribution is 2.05. The molecule has 0 radical (unpaired) electrons. The Balaban J connectivity index is 2.03. The van der Waals surface area contributed by atoms with Crippen molar-refractivity contribution in [2.24, 2.45) is 5.10 Å². The average Bonchev–Trinajstić information content (AvgIpc) is 2.70. The van der Waals surface area contributed by atoms with Crippen molar-refractivity contribution in [2.45, 2.75) is 19.4 Å². The van der Waals surface area contributed by atoms with E-state index in [1.165, 1.54) is 0 Å². The van der Waals surface area contributed by atoms with E-state index in [0.29, 0.717) is 17.7 Å². The van der Waals surface area contributed by atoms with Gasteiger partial charge < -0.3 is 5.32 Å². The van der Waals surface area contributed by atoms with Gasteiger partial charge in [0.15, 0.2) is 0 Å². The first-order valence-corrected chi connectivity index (χ1v) is 9.75. The van der Waals surface area contributed by atoms with E-state index in [9.17, 15) is 9.59 Å². The van der Waals surface area contributed by atoms with Crippen LogP contribution in [-0.2, 0) is 4.79 Å². The lowest BCUT2D eigenvalue weighted by Gasteiger charge is -2.17. The van der Waals surface area contributed by atoms with Crippen LogP contribution in [0.25, 0.3) is 0 Å². The molecule has 0 aliphatic carbocycles. The smallest absolute Gasteiger partial charge is 0.262 e. The lowest BCUT2D eigenvalue weighted by molar-refractivity contribution is -0.123. The van der Waals surface area contributed by atoms with Crippen molar-refractivity contribution >= 4 is 29.3 Å². The first kappa shape index (κ1) is 19.7. The zero-order valence-electron chi connectivity index (χ0n) is 14.9. The molecule has 0 bridgehead atoms. The minimum Gasteiger partial charge on any atom is -0.340 e. The molecule has 136 valence electrons. The first-order valence-electron chi connectivity index (χ1n) is 8.36. The van der Waals surface area contributed by atoms with E-state index in [-0.39, 0.29) is 11.8 Å². The molecule has 0 aromatic heterocycles. The summed E-state index contributed by atoms with van der Waals surface area (Å²) in [5.74, 6) is 0.170. The molecule has 2 aromatic carbocycles. The molecule has 2 aromatic rings. The molecular formula is C20H23N3O2S. The van der Waals surface area contributed by atoms with Crippen LogP contribution in [0, 0.1) is 0 Å². The Morgan fingerprint density at radius 2 is 1.58 bits per heavy atom. The molecule has 6 heteroatoms. The molecule has 26 heavy (non-hydrogen) atoms. The van der Waals surface area contributed by atoms with Gasteiger partial charge in [-0.25, -0.2) is 5.43 Å². The summed E-state index contributed by atoms with van der Waals surface area (Å²) in [5, 5.41) is 6.96. The second kappa shape index (κ2) is 10.4.